The van der Waals surface area contributed by atoms with Gasteiger partial charge in [-0.05, 0) is 60.2 Å². The normalized spacial score (nSPS) is 9.92. The first kappa shape index (κ1) is 24.2. The van der Waals surface area contributed by atoms with Crippen LogP contribution in [0.15, 0.2) is 110 Å². The van der Waals surface area contributed by atoms with Gasteiger partial charge in [-0.2, -0.15) is 0 Å². The molecule has 0 saturated carbocycles. The highest BCUT2D eigenvalue weighted by Gasteiger charge is 2.08. The molecule has 0 aliphatic heterocycles. The number of hydrogen-bond donors (Lipinski definition) is 3. The maximum absolute atomic E-state index is 12.3. The van der Waals surface area contributed by atoms with Crippen LogP contribution in [0.1, 0.15) is 16.7 Å². The van der Waals surface area contributed by atoms with E-state index in [1.54, 1.807) is 13.2 Å². The summed E-state index contributed by atoms with van der Waals surface area (Å²) in [7, 11) is 1.62. The molecule has 0 radical (unpaired) electrons. The van der Waals surface area contributed by atoms with Crippen molar-refractivity contribution in [3.05, 3.63) is 126 Å². The van der Waals surface area contributed by atoms with Crippen molar-refractivity contribution >= 4 is 28.7 Å². The van der Waals surface area contributed by atoms with Crippen molar-refractivity contribution in [1.29, 1.82) is 0 Å². The number of nitrogens with one attached hydrogen (secondary N) is 3. The Morgan fingerprint density at radius 2 is 1.47 bits per heavy atom. The number of amides is 1. The maximum atomic E-state index is 12.3. The van der Waals surface area contributed by atoms with E-state index in [0.29, 0.717) is 18.0 Å². The summed E-state index contributed by atoms with van der Waals surface area (Å²) < 4.78 is 5.50. The molecule has 0 spiro atoms. The van der Waals surface area contributed by atoms with Crippen LogP contribution in [0.2, 0.25) is 0 Å². The molecule has 0 unspecified atom stereocenters. The minimum absolute atomic E-state index is 0.378. The van der Waals surface area contributed by atoms with Gasteiger partial charge in [0.1, 0.15) is 5.75 Å². The Labute approximate surface area is 211 Å². The Morgan fingerprint density at radius 1 is 0.833 bits per heavy atom. The maximum Gasteiger partial charge on any atom is 0.300 e. The van der Waals surface area contributed by atoms with E-state index in [1.807, 2.05) is 97.1 Å². The molecule has 0 atom stereocenters. The monoisotopic (exact) mass is 473 g/mol. The minimum Gasteiger partial charge on any atom is -0.496 e. The zero-order valence-corrected chi connectivity index (χ0v) is 20.0. The van der Waals surface area contributed by atoms with Crippen LogP contribution in [0.25, 0.3) is 5.70 Å². The summed E-state index contributed by atoms with van der Waals surface area (Å²) in [5.74, 6) is 5.82. The lowest BCUT2D eigenvalue weighted by atomic mass is 10.1. The van der Waals surface area contributed by atoms with E-state index >= 15 is 0 Å². The van der Waals surface area contributed by atoms with E-state index in [-0.39, 0.29) is 5.91 Å². The van der Waals surface area contributed by atoms with Crippen LogP contribution < -0.4 is 20.7 Å². The van der Waals surface area contributed by atoms with Gasteiger partial charge in [0.05, 0.1) is 7.11 Å². The minimum atomic E-state index is -0.378. The molecule has 0 bridgehead atoms. The summed E-state index contributed by atoms with van der Waals surface area (Å²) in [4.78, 5) is 12.3. The first-order chi connectivity index (χ1) is 17.6. The molecule has 0 aromatic heterocycles. The Hall–Kier alpha value is -4.95. The van der Waals surface area contributed by atoms with Crippen molar-refractivity contribution in [2.24, 2.45) is 0 Å². The highest BCUT2D eigenvalue weighted by Crippen LogP contribution is 2.24. The number of carbonyl (C=O) groups excluding carboxylic acids is 1. The number of para-hydroxylation sites is 1. The highest BCUT2D eigenvalue weighted by atomic mass is 16.5. The fourth-order valence-electron chi connectivity index (χ4n) is 3.55. The van der Waals surface area contributed by atoms with Gasteiger partial charge in [-0.25, -0.2) is 0 Å². The van der Waals surface area contributed by atoms with Crippen LogP contribution >= 0.6 is 0 Å². The number of benzene rings is 4. The lowest BCUT2D eigenvalue weighted by molar-refractivity contribution is -0.111. The van der Waals surface area contributed by atoms with Crippen molar-refractivity contribution in [3.8, 4) is 17.6 Å². The van der Waals surface area contributed by atoms with Gasteiger partial charge in [0.25, 0.3) is 0 Å². The summed E-state index contributed by atoms with van der Waals surface area (Å²) in [6, 6.07) is 33.0. The molecule has 0 fully saturated rings. The molecule has 4 rings (SSSR count). The van der Waals surface area contributed by atoms with Crippen LogP contribution in [0.4, 0.5) is 17.1 Å². The predicted molar refractivity (Wildman–Crippen MR) is 147 cm³/mol. The van der Waals surface area contributed by atoms with Crippen LogP contribution in [0.3, 0.4) is 0 Å². The van der Waals surface area contributed by atoms with E-state index in [1.165, 1.54) is 0 Å². The summed E-state index contributed by atoms with van der Waals surface area (Å²) in [5, 5.41) is 9.55. The Balaban J connectivity index is 1.37. The average molecular weight is 474 g/mol. The molecule has 178 valence electrons. The highest BCUT2D eigenvalue weighted by molar-refractivity contribution is 6.04. The zero-order chi connectivity index (χ0) is 25.2. The molecule has 5 nitrogen and oxygen atoms in total. The van der Waals surface area contributed by atoms with Crippen molar-refractivity contribution in [3.63, 3.8) is 0 Å². The fraction of sp³-hybridized carbons (Fsp3) is 0.0645. The number of methoxy groups -OCH3 is 1. The fourth-order valence-corrected chi connectivity index (χ4v) is 3.55. The molecule has 4 aromatic carbocycles. The summed E-state index contributed by atoms with van der Waals surface area (Å²) in [5.41, 5.74) is 6.11. The van der Waals surface area contributed by atoms with Crippen LogP contribution in [0, 0.1) is 11.8 Å². The molecule has 36 heavy (non-hydrogen) atoms. The molecular formula is C31H27N3O2. The lowest BCUT2D eigenvalue weighted by Gasteiger charge is -2.15. The molecule has 0 aliphatic rings. The summed E-state index contributed by atoms with van der Waals surface area (Å²) in [6.45, 7) is 4.65. The van der Waals surface area contributed by atoms with E-state index in [2.05, 4.69) is 34.4 Å². The number of anilines is 3. The number of carbonyl (C=O) groups is 1. The smallest absolute Gasteiger partial charge is 0.300 e. The Morgan fingerprint density at radius 3 is 2.17 bits per heavy atom. The third-order valence-electron chi connectivity index (χ3n) is 5.42. The third-order valence-corrected chi connectivity index (χ3v) is 5.42. The van der Waals surface area contributed by atoms with Gasteiger partial charge >= 0.3 is 5.91 Å². The van der Waals surface area contributed by atoms with E-state index in [9.17, 15) is 4.79 Å². The molecular weight excluding hydrogens is 446 g/mol. The van der Waals surface area contributed by atoms with Gasteiger partial charge in [-0.3, -0.25) is 4.79 Å². The van der Waals surface area contributed by atoms with E-state index < -0.39 is 0 Å². The average Bonchev–Trinajstić information content (AvgIpc) is 2.92. The molecule has 0 heterocycles. The molecule has 1 amide bonds. The van der Waals surface area contributed by atoms with Crippen molar-refractivity contribution in [2.45, 2.75) is 6.54 Å². The second-order valence-electron chi connectivity index (χ2n) is 8.00. The van der Waals surface area contributed by atoms with Gasteiger partial charge in [-0.1, -0.05) is 61.0 Å². The summed E-state index contributed by atoms with van der Waals surface area (Å²) >= 11 is 0. The van der Waals surface area contributed by atoms with Crippen molar-refractivity contribution in [1.82, 2.24) is 5.32 Å². The SMILES string of the molecule is C=C(NCc1cc(NC(=O)C#Cc2ccccc2)ccc1OC)c1ccc(Nc2ccccc2)cc1. The Bertz CT molecular complexity index is 1390. The van der Waals surface area contributed by atoms with E-state index in [0.717, 1.165) is 33.8 Å². The standard InChI is InChI=1S/C31H27N3O2/c1-23(25-14-16-28(17-15-25)33-27-11-7-4-8-12-27)32-22-26-21-29(18-19-30(26)36-2)34-31(35)20-13-24-9-5-3-6-10-24/h3-12,14-19,21,32-33H,1,22H2,2H3,(H,34,35). The predicted octanol–water partition coefficient (Wildman–Crippen LogP) is 6.19. The van der Waals surface area contributed by atoms with Gasteiger partial charge in [0, 0.05) is 46.4 Å². The quantitative estimate of drug-likeness (QED) is 0.267. The van der Waals surface area contributed by atoms with Gasteiger partial charge in [0.2, 0.25) is 0 Å². The molecule has 0 aliphatic carbocycles. The number of ether oxygens (including phenoxy) is 1. The topological polar surface area (TPSA) is 62.4 Å². The van der Waals surface area contributed by atoms with Crippen LogP contribution in [-0.4, -0.2) is 13.0 Å². The van der Waals surface area contributed by atoms with Crippen LogP contribution in [0.5, 0.6) is 5.75 Å². The molecule has 3 N–H and O–H groups in total. The van der Waals surface area contributed by atoms with Gasteiger partial charge in [0.15, 0.2) is 0 Å². The molecule has 4 aromatic rings. The molecule has 5 heteroatoms. The van der Waals surface area contributed by atoms with Gasteiger partial charge in [-0.15, -0.1) is 0 Å². The summed E-state index contributed by atoms with van der Waals surface area (Å²) in [6.07, 6.45) is 0. The van der Waals surface area contributed by atoms with Crippen molar-refractivity contribution < 1.29 is 9.53 Å². The lowest BCUT2D eigenvalue weighted by Crippen LogP contribution is -2.13. The molecule has 0 saturated heterocycles. The third kappa shape index (κ3) is 6.78. The Kier molecular flexibility index (Phi) is 8.03. The van der Waals surface area contributed by atoms with Crippen molar-refractivity contribution in [2.75, 3.05) is 17.7 Å². The number of hydrogen-bond acceptors (Lipinski definition) is 4. The van der Waals surface area contributed by atoms with E-state index in [4.69, 9.17) is 4.74 Å². The van der Waals surface area contributed by atoms with Crippen LogP contribution in [-0.2, 0) is 11.3 Å². The largest absolute Gasteiger partial charge is 0.496 e. The second kappa shape index (κ2) is 12.0. The number of rotatable bonds is 8. The first-order valence-electron chi connectivity index (χ1n) is 11.5. The second-order valence-corrected chi connectivity index (χ2v) is 8.00. The first-order valence-corrected chi connectivity index (χ1v) is 11.5. The van der Waals surface area contributed by atoms with Gasteiger partial charge < -0.3 is 20.7 Å². The zero-order valence-electron chi connectivity index (χ0n) is 20.0.